The minimum Gasteiger partial charge on any atom is -0.445 e. The highest BCUT2D eigenvalue weighted by atomic mass is 16.4. The molecule has 1 aromatic rings. The van der Waals surface area contributed by atoms with Crippen molar-refractivity contribution < 1.29 is 9.21 Å². The number of hydrogen-bond donors (Lipinski definition) is 1. The minimum atomic E-state index is -0.0917. The first-order valence-corrected chi connectivity index (χ1v) is 8.62. The average Bonchev–Trinajstić information content (AvgIpc) is 2.64. The summed E-state index contributed by atoms with van der Waals surface area (Å²) in [7, 11) is 0. The molecule has 0 aliphatic heterocycles. The molecule has 0 bridgehead atoms. The number of oxazole rings is 1. The van der Waals surface area contributed by atoms with E-state index in [2.05, 4.69) is 31.1 Å². The third kappa shape index (κ3) is 4.85. The van der Waals surface area contributed by atoms with Gasteiger partial charge in [0.25, 0.3) is 0 Å². The standard InChI is InChI=1S/C18H30N2O2/c1-13-15(22-17(19-13)18(2,3)4)11-12-16(21)20-14-9-7-5-6-8-10-14/h14H,5-12H2,1-4H3,(H,20,21). The summed E-state index contributed by atoms with van der Waals surface area (Å²) in [6.07, 6.45) is 8.45. The Labute approximate surface area is 134 Å². The number of carbonyl (C=O) groups excluding carboxylic acids is 1. The van der Waals surface area contributed by atoms with Gasteiger partial charge in [0.2, 0.25) is 5.91 Å². The molecule has 2 rings (SSSR count). The van der Waals surface area contributed by atoms with Crippen LogP contribution in [0.4, 0.5) is 0 Å². The van der Waals surface area contributed by atoms with Crippen LogP contribution >= 0.6 is 0 Å². The van der Waals surface area contributed by atoms with E-state index >= 15 is 0 Å². The van der Waals surface area contributed by atoms with Crippen LogP contribution in [0.3, 0.4) is 0 Å². The molecule has 0 spiro atoms. The minimum absolute atomic E-state index is 0.0917. The van der Waals surface area contributed by atoms with E-state index in [0.717, 1.165) is 30.2 Å². The third-order valence-electron chi connectivity index (χ3n) is 4.33. The number of amides is 1. The maximum Gasteiger partial charge on any atom is 0.220 e. The highest BCUT2D eigenvalue weighted by Crippen LogP contribution is 2.24. The SMILES string of the molecule is Cc1nc(C(C)(C)C)oc1CCC(=O)NC1CCCCCC1. The van der Waals surface area contributed by atoms with Crippen molar-refractivity contribution in [2.24, 2.45) is 0 Å². The number of aryl methyl sites for hydroxylation is 2. The molecule has 0 unspecified atom stereocenters. The van der Waals surface area contributed by atoms with Gasteiger partial charge < -0.3 is 9.73 Å². The van der Waals surface area contributed by atoms with E-state index in [1.807, 2.05) is 6.92 Å². The second-order valence-electron chi connectivity index (χ2n) is 7.53. The van der Waals surface area contributed by atoms with Crippen molar-refractivity contribution in [2.45, 2.75) is 90.5 Å². The highest BCUT2D eigenvalue weighted by molar-refractivity contribution is 5.76. The van der Waals surface area contributed by atoms with Crippen LogP contribution in [0.2, 0.25) is 0 Å². The van der Waals surface area contributed by atoms with Gasteiger partial charge in [-0.3, -0.25) is 4.79 Å². The fourth-order valence-corrected chi connectivity index (χ4v) is 2.93. The van der Waals surface area contributed by atoms with Crippen molar-refractivity contribution in [1.29, 1.82) is 0 Å². The lowest BCUT2D eigenvalue weighted by atomic mass is 9.97. The van der Waals surface area contributed by atoms with Gasteiger partial charge in [0.1, 0.15) is 5.76 Å². The van der Waals surface area contributed by atoms with E-state index in [1.165, 1.54) is 25.7 Å². The van der Waals surface area contributed by atoms with Crippen molar-refractivity contribution in [3.05, 3.63) is 17.3 Å². The van der Waals surface area contributed by atoms with Crippen LogP contribution in [0, 0.1) is 6.92 Å². The Morgan fingerprint density at radius 3 is 2.41 bits per heavy atom. The van der Waals surface area contributed by atoms with Gasteiger partial charge in [-0.25, -0.2) is 4.98 Å². The maximum absolute atomic E-state index is 12.1. The monoisotopic (exact) mass is 306 g/mol. The molecule has 1 fully saturated rings. The molecule has 1 saturated carbocycles. The Morgan fingerprint density at radius 2 is 1.86 bits per heavy atom. The Kier molecular flexibility index (Phi) is 5.65. The van der Waals surface area contributed by atoms with Crippen LogP contribution in [0.25, 0.3) is 0 Å². The summed E-state index contributed by atoms with van der Waals surface area (Å²) in [6, 6.07) is 0.371. The summed E-state index contributed by atoms with van der Waals surface area (Å²) < 4.78 is 5.85. The number of aromatic nitrogens is 1. The van der Waals surface area contributed by atoms with E-state index in [0.29, 0.717) is 18.9 Å². The fraction of sp³-hybridized carbons (Fsp3) is 0.778. The molecule has 124 valence electrons. The van der Waals surface area contributed by atoms with Crippen molar-refractivity contribution in [1.82, 2.24) is 10.3 Å². The number of nitrogens with zero attached hydrogens (tertiary/aromatic N) is 1. The molecule has 4 heteroatoms. The van der Waals surface area contributed by atoms with Crippen molar-refractivity contribution in [3.8, 4) is 0 Å². The third-order valence-corrected chi connectivity index (χ3v) is 4.33. The first kappa shape index (κ1) is 17.0. The van der Waals surface area contributed by atoms with E-state index in [4.69, 9.17) is 4.42 Å². The summed E-state index contributed by atoms with van der Waals surface area (Å²) in [5.41, 5.74) is 0.818. The van der Waals surface area contributed by atoms with Crippen LogP contribution in [0.5, 0.6) is 0 Å². The zero-order chi connectivity index (χ0) is 16.2. The number of carbonyl (C=O) groups is 1. The molecule has 1 heterocycles. The molecule has 0 atom stereocenters. The van der Waals surface area contributed by atoms with Crippen molar-refractivity contribution in [2.75, 3.05) is 0 Å². The Hall–Kier alpha value is -1.32. The number of rotatable bonds is 4. The predicted molar refractivity (Wildman–Crippen MR) is 87.9 cm³/mol. The van der Waals surface area contributed by atoms with Gasteiger partial charge in [-0.05, 0) is 19.8 Å². The van der Waals surface area contributed by atoms with Gasteiger partial charge in [-0.1, -0.05) is 46.5 Å². The van der Waals surface area contributed by atoms with Crippen LogP contribution in [-0.2, 0) is 16.6 Å². The van der Waals surface area contributed by atoms with E-state index in [-0.39, 0.29) is 11.3 Å². The lowest BCUT2D eigenvalue weighted by Crippen LogP contribution is -2.34. The molecule has 1 N–H and O–H groups in total. The molecular formula is C18H30N2O2. The topological polar surface area (TPSA) is 55.1 Å². The van der Waals surface area contributed by atoms with Gasteiger partial charge >= 0.3 is 0 Å². The average molecular weight is 306 g/mol. The fourth-order valence-electron chi connectivity index (χ4n) is 2.93. The van der Waals surface area contributed by atoms with E-state index in [1.54, 1.807) is 0 Å². The van der Waals surface area contributed by atoms with Crippen LogP contribution in [-0.4, -0.2) is 16.9 Å². The highest BCUT2D eigenvalue weighted by Gasteiger charge is 2.22. The molecule has 1 aliphatic rings. The van der Waals surface area contributed by atoms with Gasteiger partial charge in [0.05, 0.1) is 5.69 Å². The molecular weight excluding hydrogens is 276 g/mol. The Bertz CT molecular complexity index is 492. The normalized spacial score (nSPS) is 17.3. The van der Waals surface area contributed by atoms with Crippen LogP contribution in [0.15, 0.2) is 4.42 Å². The van der Waals surface area contributed by atoms with Crippen molar-refractivity contribution >= 4 is 5.91 Å². The smallest absolute Gasteiger partial charge is 0.220 e. The summed E-state index contributed by atoms with van der Waals surface area (Å²) >= 11 is 0. The van der Waals surface area contributed by atoms with Gasteiger partial charge in [-0.15, -0.1) is 0 Å². The Morgan fingerprint density at radius 1 is 1.23 bits per heavy atom. The van der Waals surface area contributed by atoms with Crippen LogP contribution < -0.4 is 5.32 Å². The first-order valence-electron chi connectivity index (χ1n) is 8.62. The molecule has 0 aromatic carbocycles. The summed E-state index contributed by atoms with van der Waals surface area (Å²) in [6.45, 7) is 8.21. The first-order chi connectivity index (χ1) is 10.4. The number of hydrogen-bond acceptors (Lipinski definition) is 3. The quantitative estimate of drug-likeness (QED) is 0.854. The second-order valence-corrected chi connectivity index (χ2v) is 7.53. The molecule has 0 radical (unpaired) electrons. The van der Waals surface area contributed by atoms with Gasteiger partial charge in [0, 0.05) is 24.3 Å². The van der Waals surface area contributed by atoms with Crippen molar-refractivity contribution in [3.63, 3.8) is 0 Å². The van der Waals surface area contributed by atoms with Gasteiger partial charge in [0.15, 0.2) is 5.89 Å². The molecule has 1 aliphatic carbocycles. The van der Waals surface area contributed by atoms with E-state index in [9.17, 15) is 4.79 Å². The maximum atomic E-state index is 12.1. The zero-order valence-corrected chi connectivity index (χ0v) is 14.5. The number of nitrogens with one attached hydrogen (secondary N) is 1. The second kappa shape index (κ2) is 7.30. The lowest BCUT2D eigenvalue weighted by molar-refractivity contribution is -0.121. The predicted octanol–water partition coefficient (Wildman–Crippen LogP) is 4.05. The lowest BCUT2D eigenvalue weighted by Gasteiger charge is -2.16. The van der Waals surface area contributed by atoms with Gasteiger partial charge in [-0.2, -0.15) is 0 Å². The van der Waals surface area contributed by atoms with Crippen LogP contribution in [0.1, 0.15) is 83.1 Å². The molecule has 0 saturated heterocycles. The summed E-state index contributed by atoms with van der Waals surface area (Å²) in [5.74, 6) is 1.74. The summed E-state index contributed by atoms with van der Waals surface area (Å²) in [5, 5.41) is 3.18. The molecule has 1 aromatic heterocycles. The molecule has 22 heavy (non-hydrogen) atoms. The zero-order valence-electron chi connectivity index (χ0n) is 14.5. The largest absolute Gasteiger partial charge is 0.445 e. The molecule has 4 nitrogen and oxygen atoms in total. The Balaban J connectivity index is 1.84. The van der Waals surface area contributed by atoms with E-state index < -0.39 is 0 Å². The summed E-state index contributed by atoms with van der Waals surface area (Å²) in [4.78, 5) is 16.6. The molecule has 1 amide bonds.